The second-order valence-corrected chi connectivity index (χ2v) is 12.4. The molecule has 1 fully saturated rings. The summed E-state index contributed by atoms with van der Waals surface area (Å²) < 4.78 is 13.7. The van der Waals surface area contributed by atoms with Crippen LogP contribution in [-0.2, 0) is 24.0 Å². The van der Waals surface area contributed by atoms with Crippen molar-refractivity contribution in [2.75, 3.05) is 6.54 Å². The molecule has 4 heteroatoms. The van der Waals surface area contributed by atoms with Crippen molar-refractivity contribution in [1.82, 2.24) is 9.88 Å². The van der Waals surface area contributed by atoms with Crippen LogP contribution in [0.1, 0.15) is 61.4 Å². The molecule has 0 bridgehead atoms. The van der Waals surface area contributed by atoms with Crippen molar-refractivity contribution in [1.29, 1.82) is 0 Å². The van der Waals surface area contributed by atoms with Gasteiger partial charge in [-0.1, -0.05) is 56.0 Å². The zero-order valence-electron chi connectivity index (χ0n) is 22.0. The van der Waals surface area contributed by atoms with Crippen molar-refractivity contribution in [2.24, 2.45) is 5.92 Å². The molecule has 4 unspecified atom stereocenters. The van der Waals surface area contributed by atoms with E-state index in [1.165, 1.54) is 28.1 Å². The molecular formula is C33H39FN2S. The number of thioether (sulfide) groups is 1. The van der Waals surface area contributed by atoms with Crippen LogP contribution >= 0.6 is 11.8 Å². The molecule has 2 nitrogen and oxygen atoms in total. The summed E-state index contributed by atoms with van der Waals surface area (Å²) in [5.74, 6) is 0.322. The topological polar surface area (TPSA) is 16.1 Å². The van der Waals surface area contributed by atoms with E-state index >= 15 is 0 Å². The number of hydrogen-bond acceptors (Lipinski definition) is 3. The number of likely N-dealkylation sites (tertiary alicyclic amines) is 1. The lowest BCUT2D eigenvalue weighted by atomic mass is 9.79. The number of benzene rings is 1. The maximum atomic E-state index is 13.8. The Morgan fingerprint density at radius 1 is 1.30 bits per heavy atom. The quantitative estimate of drug-likeness (QED) is 0.298. The number of hydrogen-bond donors (Lipinski definition) is 0. The third kappa shape index (κ3) is 5.50. The molecule has 0 N–H and O–H groups in total. The first kappa shape index (κ1) is 26.0. The van der Waals surface area contributed by atoms with E-state index < -0.39 is 0 Å². The Kier molecular flexibility index (Phi) is 8.04. The SMILES string of the molecule is C=CCCC(C)C(=C)N1CCC2(SC3C=CC(F)=CC3)c3cnc(CCc4ccccc4)cc3CCC12. The van der Waals surface area contributed by atoms with Gasteiger partial charge in [-0.05, 0) is 92.2 Å². The summed E-state index contributed by atoms with van der Waals surface area (Å²) in [7, 11) is 0. The van der Waals surface area contributed by atoms with E-state index in [4.69, 9.17) is 4.98 Å². The van der Waals surface area contributed by atoms with Crippen LogP contribution in [0.5, 0.6) is 0 Å². The molecule has 1 aromatic heterocycles. The summed E-state index contributed by atoms with van der Waals surface area (Å²) >= 11 is 2.03. The van der Waals surface area contributed by atoms with Gasteiger partial charge in [0.05, 0.1) is 4.75 Å². The molecule has 2 aliphatic carbocycles. The van der Waals surface area contributed by atoms with Gasteiger partial charge in [-0.2, -0.15) is 0 Å². The molecule has 5 rings (SSSR count). The van der Waals surface area contributed by atoms with Gasteiger partial charge in [-0.25, -0.2) is 4.39 Å². The molecule has 1 saturated heterocycles. The Morgan fingerprint density at radius 3 is 2.89 bits per heavy atom. The maximum absolute atomic E-state index is 13.8. The predicted molar refractivity (Wildman–Crippen MR) is 155 cm³/mol. The number of aromatic nitrogens is 1. The van der Waals surface area contributed by atoms with E-state index in [-0.39, 0.29) is 15.8 Å². The first-order valence-electron chi connectivity index (χ1n) is 13.8. The fraction of sp³-hybridized carbons (Fsp3) is 0.424. The van der Waals surface area contributed by atoms with Crippen molar-refractivity contribution in [2.45, 2.75) is 74.3 Å². The first-order chi connectivity index (χ1) is 18.0. The number of nitrogens with zero attached hydrogens (tertiary/aromatic N) is 2. The molecule has 0 radical (unpaired) electrons. The molecule has 0 saturated carbocycles. The van der Waals surface area contributed by atoms with E-state index in [2.05, 4.69) is 73.7 Å². The third-order valence-electron chi connectivity index (χ3n) is 8.46. The van der Waals surface area contributed by atoms with Crippen LogP contribution in [0.15, 0.2) is 91.6 Å². The lowest BCUT2D eigenvalue weighted by Gasteiger charge is -2.45. The lowest BCUT2D eigenvalue weighted by molar-refractivity contribution is 0.245. The van der Waals surface area contributed by atoms with Gasteiger partial charge in [0.2, 0.25) is 0 Å². The summed E-state index contributed by atoms with van der Waals surface area (Å²) in [6, 6.07) is 13.4. The Labute approximate surface area is 226 Å². The van der Waals surface area contributed by atoms with Crippen molar-refractivity contribution in [3.63, 3.8) is 0 Å². The monoisotopic (exact) mass is 514 g/mol. The lowest BCUT2D eigenvalue weighted by Crippen LogP contribution is -2.45. The standard InChI is InChI=1S/C33H39FN2S/c1-4-5-9-24(2)25(3)36-21-20-33(37-30-17-14-28(34)15-18-30)31-23-35-29(22-27(31)13-19-32(33)36)16-12-26-10-7-6-8-11-26/h4,6-8,10-11,14-15,17,22-24,30,32H,1,3,5,9,12-13,16,18-21H2,2H3. The molecule has 1 aliphatic heterocycles. The Hall–Kier alpha value is -2.59. The van der Waals surface area contributed by atoms with E-state index in [1.54, 1.807) is 12.2 Å². The minimum Gasteiger partial charge on any atom is -0.370 e. The van der Waals surface area contributed by atoms with Crippen LogP contribution in [-0.4, -0.2) is 27.7 Å². The van der Waals surface area contributed by atoms with Crippen LogP contribution in [0.25, 0.3) is 0 Å². The Morgan fingerprint density at radius 2 is 2.14 bits per heavy atom. The number of halogens is 1. The number of allylic oxidation sites excluding steroid dienone is 5. The second kappa shape index (κ2) is 11.4. The van der Waals surface area contributed by atoms with Crippen LogP contribution in [0, 0.1) is 5.92 Å². The van der Waals surface area contributed by atoms with Gasteiger partial charge in [0, 0.05) is 35.4 Å². The molecular weight excluding hydrogens is 475 g/mol. The zero-order valence-corrected chi connectivity index (χ0v) is 22.9. The van der Waals surface area contributed by atoms with Crippen molar-refractivity contribution >= 4 is 11.8 Å². The fourth-order valence-corrected chi connectivity index (χ4v) is 8.15. The van der Waals surface area contributed by atoms with Gasteiger partial charge in [0.1, 0.15) is 5.83 Å². The molecule has 4 atom stereocenters. The zero-order chi connectivity index (χ0) is 25.8. The van der Waals surface area contributed by atoms with Gasteiger partial charge >= 0.3 is 0 Å². The van der Waals surface area contributed by atoms with E-state index in [9.17, 15) is 4.39 Å². The van der Waals surface area contributed by atoms with Crippen LogP contribution < -0.4 is 0 Å². The molecule has 0 spiro atoms. The summed E-state index contributed by atoms with van der Waals surface area (Å²) in [5.41, 5.74) is 6.65. The van der Waals surface area contributed by atoms with Crippen LogP contribution in [0.2, 0.25) is 0 Å². The smallest absolute Gasteiger partial charge is 0.119 e. The highest BCUT2D eigenvalue weighted by Gasteiger charge is 2.53. The van der Waals surface area contributed by atoms with E-state index in [0.717, 1.165) is 57.9 Å². The molecule has 2 aromatic rings. The van der Waals surface area contributed by atoms with Gasteiger partial charge in [0.15, 0.2) is 0 Å². The van der Waals surface area contributed by atoms with Gasteiger partial charge < -0.3 is 4.90 Å². The van der Waals surface area contributed by atoms with E-state index in [1.807, 2.05) is 17.8 Å². The number of aryl methyl sites for hydroxylation is 3. The number of fused-ring (bicyclic) bond motifs is 3. The van der Waals surface area contributed by atoms with Gasteiger partial charge in [0.25, 0.3) is 0 Å². The Balaban J connectivity index is 1.42. The highest BCUT2D eigenvalue weighted by atomic mass is 32.2. The van der Waals surface area contributed by atoms with Gasteiger partial charge in [-0.15, -0.1) is 18.3 Å². The number of rotatable bonds is 10. The van der Waals surface area contributed by atoms with Crippen molar-refractivity contribution < 1.29 is 4.39 Å². The van der Waals surface area contributed by atoms with Gasteiger partial charge in [-0.3, -0.25) is 4.98 Å². The fourth-order valence-electron chi connectivity index (χ4n) is 6.34. The minimum absolute atomic E-state index is 0.0453. The third-order valence-corrected chi connectivity index (χ3v) is 10.2. The Bertz CT molecular complexity index is 1190. The van der Waals surface area contributed by atoms with E-state index in [0.29, 0.717) is 12.0 Å². The van der Waals surface area contributed by atoms with Crippen molar-refractivity contribution in [3.05, 3.63) is 114 Å². The molecule has 2 heterocycles. The molecule has 1 aromatic carbocycles. The summed E-state index contributed by atoms with van der Waals surface area (Å²) in [5, 5.41) is 0.275. The maximum Gasteiger partial charge on any atom is 0.119 e. The normalized spacial score (nSPS) is 25.2. The second-order valence-electron chi connectivity index (χ2n) is 10.8. The van der Waals surface area contributed by atoms with Crippen LogP contribution in [0.4, 0.5) is 4.39 Å². The van der Waals surface area contributed by atoms with Crippen molar-refractivity contribution in [3.8, 4) is 0 Å². The average Bonchev–Trinajstić information content (AvgIpc) is 3.31. The first-order valence-corrected chi connectivity index (χ1v) is 14.7. The molecule has 3 aliphatic rings. The molecule has 0 amide bonds. The summed E-state index contributed by atoms with van der Waals surface area (Å²) in [6.45, 7) is 11.8. The summed E-state index contributed by atoms with van der Waals surface area (Å²) in [6.07, 6.45) is 17.7. The molecule has 194 valence electrons. The largest absolute Gasteiger partial charge is 0.370 e. The number of pyridine rings is 1. The van der Waals surface area contributed by atoms with Crippen LogP contribution in [0.3, 0.4) is 0 Å². The molecule has 37 heavy (non-hydrogen) atoms. The highest BCUT2D eigenvalue weighted by molar-refractivity contribution is 8.01. The minimum atomic E-state index is -0.114. The average molecular weight is 515 g/mol. The highest BCUT2D eigenvalue weighted by Crippen LogP contribution is 2.57. The predicted octanol–water partition coefficient (Wildman–Crippen LogP) is 8.11. The summed E-state index contributed by atoms with van der Waals surface area (Å²) in [4.78, 5) is 7.62.